The van der Waals surface area contributed by atoms with Crippen molar-refractivity contribution in [2.24, 2.45) is 0 Å². The number of fused-ring (bicyclic) bond motifs is 1. The van der Waals surface area contributed by atoms with E-state index in [1.807, 2.05) is 0 Å². The highest BCUT2D eigenvalue weighted by Gasteiger charge is 2.14. The smallest absolute Gasteiger partial charge is 0.341 e. The van der Waals surface area contributed by atoms with Crippen molar-refractivity contribution in [1.82, 2.24) is 14.6 Å². The summed E-state index contributed by atoms with van der Waals surface area (Å²) >= 11 is 0. The van der Waals surface area contributed by atoms with Gasteiger partial charge in [0.2, 0.25) is 0 Å². The maximum absolute atomic E-state index is 11.4. The molecule has 15 heavy (non-hydrogen) atoms. The number of carbonyl (C=O) groups is 1. The molecule has 0 N–H and O–H groups in total. The largest absolute Gasteiger partial charge is 0.494 e. The monoisotopic (exact) mass is 207 g/mol. The molecule has 0 atom stereocenters. The number of esters is 1. The molecule has 6 nitrogen and oxygen atoms in total. The summed E-state index contributed by atoms with van der Waals surface area (Å²) in [6.07, 6.45) is 2.98. The Bertz CT molecular complexity index is 506. The van der Waals surface area contributed by atoms with Crippen LogP contribution in [0.15, 0.2) is 18.6 Å². The Morgan fingerprint density at radius 2 is 2.27 bits per heavy atom. The molecule has 0 aromatic carbocycles. The summed E-state index contributed by atoms with van der Waals surface area (Å²) in [6.45, 7) is 0. The third-order valence-electron chi connectivity index (χ3n) is 2.00. The van der Waals surface area contributed by atoms with Gasteiger partial charge in [0.05, 0.1) is 20.4 Å². The minimum Gasteiger partial charge on any atom is -0.494 e. The summed E-state index contributed by atoms with van der Waals surface area (Å²) in [5.74, 6) is -0.0581. The van der Waals surface area contributed by atoms with E-state index in [4.69, 9.17) is 4.74 Å². The van der Waals surface area contributed by atoms with E-state index in [1.165, 1.54) is 25.1 Å². The number of carbonyl (C=O) groups excluding carboxylic acids is 1. The van der Waals surface area contributed by atoms with Crippen LogP contribution < -0.4 is 4.74 Å². The Morgan fingerprint density at radius 3 is 2.93 bits per heavy atom. The van der Waals surface area contributed by atoms with E-state index in [2.05, 4.69) is 14.8 Å². The minimum absolute atomic E-state index is 0.334. The first-order valence-electron chi connectivity index (χ1n) is 4.22. The van der Waals surface area contributed by atoms with Gasteiger partial charge in [-0.05, 0) is 0 Å². The van der Waals surface area contributed by atoms with Gasteiger partial charge < -0.3 is 9.47 Å². The van der Waals surface area contributed by atoms with Gasteiger partial charge in [0.15, 0.2) is 11.4 Å². The Balaban J connectivity index is 2.64. The molecule has 6 heteroatoms. The molecule has 0 aliphatic carbocycles. The number of pyridine rings is 1. The number of ether oxygens (including phenoxy) is 2. The molecule has 0 saturated carbocycles. The lowest BCUT2D eigenvalue weighted by atomic mass is 10.2. The fourth-order valence-electron chi connectivity index (χ4n) is 1.27. The summed E-state index contributed by atoms with van der Waals surface area (Å²) in [5.41, 5.74) is 0.900. The van der Waals surface area contributed by atoms with Crippen LogP contribution in [0.1, 0.15) is 10.4 Å². The molecule has 0 spiro atoms. The first-order chi connectivity index (χ1) is 7.26. The molecule has 2 heterocycles. The number of rotatable bonds is 2. The molecule has 0 bridgehead atoms. The van der Waals surface area contributed by atoms with Gasteiger partial charge in [-0.1, -0.05) is 0 Å². The standard InChI is InChI=1S/C9H9N3O3/c1-14-7-4-12-8(10-5-11-12)3-6(7)9(13)15-2/h3-5H,1-2H3. The molecule has 0 saturated heterocycles. The predicted octanol–water partition coefficient (Wildman–Crippen LogP) is 0.524. The summed E-state index contributed by atoms with van der Waals surface area (Å²) in [6, 6.07) is 1.57. The average Bonchev–Trinajstić information content (AvgIpc) is 2.73. The van der Waals surface area contributed by atoms with E-state index in [-0.39, 0.29) is 0 Å². The highest BCUT2D eigenvalue weighted by Crippen LogP contribution is 2.19. The van der Waals surface area contributed by atoms with Crippen molar-refractivity contribution in [1.29, 1.82) is 0 Å². The zero-order chi connectivity index (χ0) is 10.8. The first kappa shape index (κ1) is 9.45. The number of methoxy groups -OCH3 is 2. The Hall–Kier alpha value is -2.11. The van der Waals surface area contributed by atoms with Crippen molar-refractivity contribution in [2.75, 3.05) is 14.2 Å². The van der Waals surface area contributed by atoms with Crippen molar-refractivity contribution < 1.29 is 14.3 Å². The van der Waals surface area contributed by atoms with E-state index in [9.17, 15) is 4.79 Å². The molecule has 0 amide bonds. The van der Waals surface area contributed by atoms with Gasteiger partial charge in [-0.3, -0.25) is 0 Å². The Kier molecular flexibility index (Phi) is 2.24. The lowest BCUT2D eigenvalue weighted by Crippen LogP contribution is -2.05. The molecule has 0 radical (unpaired) electrons. The second kappa shape index (κ2) is 3.56. The van der Waals surface area contributed by atoms with Gasteiger partial charge in [0.1, 0.15) is 11.9 Å². The maximum Gasteiger partial charge on any atom is 0.341 e. The topological polar surface area (TPSA) is 65.7 Å². The molecule has 0 aliphatic rings. The van der Waals surface area contributed by atoms with E-state index < -0.39 is 5.97 Å². The van der Waals surface area contributed by atoms with Crippen molar-refractivity contribution in [3.8, 4) is 5.75 Å². The molecule has 0 aliphatic heterocycles. The van der Waals surface area contributed by atoms with Gasteiger partial charge >= 0.3 is 5.97 Å². The third kappa shape index (κ3) is 1.50. The van der Waals surface area contributed by atoms with E-state index >= 15 is 0 Å². The van der Waals surface area contributed by atoms with Crippen molar-refractivity contribution in [2.45, 2.75) is 0 Å². The molecule has 0 fully saturated rings. The van der Waals surface area contributed by atoms with Crippen LogP contribution in [0.3, 0.4) is 0 Å². The highest BCUT2D eigenvalue weighted by atomic mass is 16.5. The van der Waals surface area contributed by atoms with E-state index in [0.29, 0.717) is 17.0 Å². The second-order valence-electron chi connectivity index (χ2n) is 2.81. The fraction of sp³-hybridized carbons (Fsp3) is 0.222. The quantitative estimate of drug-likeness (QED) is 0.672. The van der Waals surface area contributed by atoms with Crippen molar-refractivity contribution >= 4 is 11.6 Å². The summed E-state index contributed by atoms with van der Waals surface area (Å²) < 4.78 is 11.2. The van der Waals surface area contributed by atoms with E-state index in [0.717, 1.165) is 0 Å². The van der Waals surface area contributed by atoms with Gasteiger partial charge in [-0.15, -0.1) is 0 Å². The molecular weight excluding hydrogens is 198 g/mol. The van der Waals surface area contributed by atoms with Crippen LogP contribution in [0.5, 0.6) is 5.75 Å². The van der Waals surface area contributed by atoms with Gasteiger partial charge in [0, 0.05) is 6.07 Å². The Labute approximate surface area is 85.4 Å². The lowest BCUT2D eigenvalue weighted by Gasteiger charge is -2.06. The summed E-state index contributed by atoms with van der Waals surface area (Å²) in [7, 11) is 2.79. The van der Waals surface area contributed by atoms with Crippen molar-refractivity contribution in [3.05, 3.63) is 24.2 Å². The molecule has 2 aromatic rings. The van der Waals surface area contributed by atoms with Crippen LogP contribution in [0.4, 0.5) is 0 Å². The van der Waals surface area contributed by atoms with Crippen LogP contribution in [-0.4, -0.2) is 34.8 Å². The van der Waals surface area contributed by atoms with Gasteiger partial charge in [-0.2, -0.15) is 5.10 Å². The number of nitrogens with zero attached hydrogens (tertiary/aromatic N) is 3. The minimum atomic E-state index is -0.461. The Morgan fingerprint density at radius 1 is 1.47 bits per heavy atom. The average molecular weight is 207 g/mol. The summed E-state index contributed by atoms with van der Waals surface area (Å²) in [4.78, 5) is 15.4. The van der Waals surface area contributed by atoms with Gasteiger partial charge in [-0.25, -0.2) is 14.3 Å². The van der Waals surface area contributed by atoms with Crippen LogP contribution in [0, 0.1) is 0 Å². The van der Waals surface area contributed by atoms with Crippen LogP contribution in [0.2, 0.25) is 0 Å². The third-order valence-corrected chi connectivity index (χ3v) is 2.00. The number of aromatic nitrogens is 3. The normalized spacial score (nSPS) is 10.3. The van der Waals surface area contributed by atoms with E-state index in [1.54, 1.807) is 12.3 Å². The highest BCUT2D eigenvalue weighted by molar-refractivity contribution is 5.93. The predicted molar refractivity (Wildman–Crippen MR) is 50.9 cm³/mol. The van der Waals surface area contributed by atoms with Crippen molar-refractivity contribution in [3.63, 3.8) is 0 Å². The molecule has 2 aromatic heterocycles. The zero-order valence-electron chi connectivity index (χ0n) is 8.30. The summed E-state index contributed by atoms with van der Waals surface area (Å²) in [5, 5.41) is 3.93. The maximum atomic E-state index is 11.4. The lowest BCUT2D eigenvalue weighted by molar-refractivity contribution is 0.0597. The first-order valence-corrected chi connectivity index (χ1v) is 4.22. The molecule has 0 unspecified atom stereocenters. The number of hydrogen-bond acceptors (Lipinski definition) is 5. The van der Waals surface area contributed by atoms with Crippen LogP contribution >= 0.6 is 0 Å². The molecule has 2 rings (SSSR count). The SMILES string of the molecule is COC(=O)c1cc2ncnn2cc1OC. The second-order valence-corrected chi connectivity index (χ2v) is 2.81. The molecule has 78 valence electrons. The number of hydrogen-bond donors (Lipinski definition) is 0. The fourth-order valence-corrected chi connectivity index (χ4v) is 1.27. The van der Waals surface area contributed by atoms with Crippen LogP contribution in [0.25, 0.3) is 5.65 Å². The van der Waals surface area contributed by atoms with Crippen LogP contribution in [-0.2, 0) is 4.74 Å². The van der Waals surface area contributed by atoms with Gasteiger partial charge in [0.25, 0.3) is 0 Å². The molecular formula is C9H9N3O3. The zero-order valence-corrected chi connectivity index (χ0v) is 8.30.